The molecule has 2 N–H and O–H groups in total. The normalized spacial score (nSPS) is 11.5. The third-order valence-electron chi connectivity index (χ3n) is 4.05. The Bertz CT molecular complexity index is 776. The number of amides is 2. The van der Waals surface area contributed by atoms with Gasteiger partial charge < -0.3 is 20.1 Å². The van der Waals surface area contributed by atoms with Gasteiger partial charge in [0.25, 0.3) is 11.8 Å². The molecule has 144 valence electrons. The number of nitrogens with one attached hydrogen (secondary N) is 2. The Morgan fingerprint density at radius 2 is 1.78 bits per heavy atom. The highest BCUT2D eigenvalue weighted by atomic mass is 16.5. The first-order valence-electron chi connectivity index (χ1n) is 8.96. The van der Waals surface area contributed by atoms with E-state index in [0.717, 1.165) is 5.56 Å². The minimum absolute atomic E-state index is 0.268. The number of hydrogen-bond donors (Lipinski definition) is 2. The van der Waals surface area contributed by atoms with Gasteiger partial charge in [0.15, 0.2) is 6.10 Å². The van der Waals surface area contributed by atoms with Crippen molar-refractivity contribution in [3.8, 4) is 5.75 Å². The number of anilines is 1. The fourth-order valence-corrected chi connectivity index (χ4v) is 2.53. The number of ether oxygens (including phenoxy) is 2. The van der Waals surface area contributed by atoms with Crippen molar-refractivity contribution < 1.29 is 19.1 Å². The molecule has 1 atom stereocenters. The molecule has 0 saturated carbocycles. The van der Waals surface area contributed by atoms with Crippen LogP contribution in [0.15, 0.2) is 48.5 Å². The molecule has 0 aromatic heterocycles. The van der Waals surface area contributed by atoms with E-state index >= 15 is 0 Å². The van der Waals surface area contributed by atoms with Crippen molar-refractivity contribution in [1.82, 2.24) is 5.32 Å². The van der Waals surface area contributed by atoms with Gasteiger partial charge in [0.2, 0.25) is 0 Å². The quantitative estimate of drug-likeness (QED) is 0.665. The molecular weight excluding hydrogens is 344 g/mol. The highest BCUT2D eigenvalue weighted by molar-refractivity contribution is 6.04. The summed E-state index contributed by atoms with van der Waals surface area (Å²) >= 11 is 0. The first-order chi connectivity index (χ1) is 13.1. The Hall–Kier alpha value is -2.86. The molecule has 2 rings (SSSR count). The lowest BCUT2D eigenvalue weighted by molar-refractivity contribution is -0.122. The Morgan fingerprint density at radius 3 is 2.48 bits per heavy atom. The van der Waals surface area contributed by atoms with Crippen molar-refractivity contribution in [1.29, 1.82) is 0 Å². The van der Waals surface area contributed by atoms with Gasteiger partial charge in [-0.15, -0.1) is 0 Å². The number of carbonyl (C=O) groups is 2. The number of carbonyl (C=O) groups excluding carboxylic acids is 2. The van der Waals surface area contributed by atoms with Crippen LogP contribution in [0.5, 0.6) is 5.75 Å². The van der Waals surface area contributed by atoms with Crippen molar-refractivity contribution in [2.75, 3.05) is 25.6 Å². The third-order valence-corrected chi connectivity index (χ3v) is 4.05. The zero-order valence-electron chi connectivity index (χ0n) is 16.0. The molecule has 0 aliphatic rings. The van der Waals surface area contributed by atoms with E-state index in [9.17, 15) is 9.59 Å². The van der Waals surface area contributed by atoms with Gasteiger partial charge in [-0.2, -0.15) is 0 Å². The number of methoxy groups -OCH3 is 1. The van der Waals surface area contributed by atoms with Crippen LogP contribution in [0.3, 0.4) is 0 Å². The molecule has 2 amide bonds. The average Bonchev–Trinajstić information content (AvgIpc) is 2.67. The Morgan fingerprint density at radius 1 is 1.07 bits per heavy atom. The molecule has 6 heteroatoms. The van der Waals surface area contributed by atoms with Crippen LogP contribution in [0.1, 0.15) is 29.3 Å². The monoisotopic (exact) mass is 370 g/mol. The Kier molecular flexibility index (Phi) is 7.82. The van der Waals surface area contributed by atoms with Crippen LogP contribution in [0.2, 0.25) is 0 Å². The molecule has 0 aliphatic heterocycles. The molecule has 2 aromatic carbocycles. The number of hydrogen-bond acceptors (Lipinski definition) is 4. The molecule has 0 fully saturated rings. The van der Waals surface area contributed by atoms with Gasteiger partial charge in [0, 0.05) is 13.7 Å². The minimum Gasteiger partial charge on any atom is -0.480 e. The van der Waals surface area contributed by atoms with Gasteiger partial charge in [-0.25, -0.2) is 0 Å². The maximum absolute atomic E-state index is 12.7. The summed E-state index contributed by atoms with van der Waals surface area (Å²) in [6.07, 6.45) is -0.154. The summed E-state index contributed by atoms with van der Waals surface area (Å²) in [7, 11) is 1.57. The van der Waals surface area contributed by atoms with Crippen LogP contribution in [-0.2, 0) is 9.53 Å². The molecule has 2 aromatic rings. The van der Waals surface area contributed by atoms with Gasteiger partial charge >= 0.3 is 0 Å². The molecule has 27 heavy (non-hydrogen) atoms. The minimum atomic E-state index is -0.657. The van der Waals surface area contributed by atoms with Gasteiger partial charge in [-0.1, -0.05) is 37.3 Å². The summed E-state index contributed by atoms with van der Waals surface area (Å²) in [5.74, 6) is 0.110. The van der Waals surface area contributed by atoms with Crippen molar-refractivity contribution in [3.05, 3.63) is 59.7 Å². The summed E-state index contributed by atoms with van der Waals surface area (Å²) in [4.78, 5) is 25.1. The molecule has 6 nitrogen and oxygen atoms in total. The summed E-state index contributed by atoms with van der Waals surface area (Å²) in [6.45, 7) is 4.62. The Labute approximate surface area is 159 Å². The molecular formula is C21H26N2O4. The maximum Gasteiger partial charge on any atom is 0.265 e. The first kappa shape index (κ1) is 20.5. The van der Waals surface area contributed by atoms with E-state index in [4.69, 9.17) is 9.47 Å². The van der Waals surface area contributed by atoms with E-state index < -0.39 is 6.10 Å². The zero-order valence-corrected chi connectivity index (χ0v) is 16.0. The second-order valence-electron chi connectivity index (χ2n) is 6.06. The van der Waals surface area contributed by atoms with Gasteiger partial charge in [0.1, 0.15) is 5.75 Å². The van der Waals surface area contributed by atoms with Crippen LogP contribution >= 0.6 is 0 Å². The molecule has 0 radical (unpaired) electrons. The third kappa shape index (κ3) is 5.82. The van der Waals surface area contributed by atoms with E-state index in [-0.39, 0.29) is 11.8 Å². The Balaban J connectivity index is 2.09. The summed E-state index contributed by atoms with van der Waals surface area (Å²) in [5, 5.41) is 5.57. The molecule has 0 saturated heterocycles. The summed E-state index contributed by atoms with van der Waals surface area (Å²) in [5.41, 5.74) is 1.80. The zero-order chi connectivity index (χ0) is 19.6. The smallest absolute Gasteiger partial charge is 0.265 e. The predicted molar refractivity (Wildman–Crippen MR) is 105 cm³/mol. The molecule has 0 bridgehead atoms. The number of rotatable bonds is 9. The number of para-hydroxylation sites is 2. The molecule has 0 heterocycles. The SMILES string of the molecule is CCC(Oc1ccccc1C)C(=O)Nc1ccccc1C(=O)NCCOC. The van der Waals surface area contributed by atoms with Crippen molar-refractivity contribution >= 4 is 17.5 Å². The van der Waals surface area contributed by atoms with Crippen LogP contribution < -0.4 is 15.4 Å². The lowest BCUT2D eigenvalue weighted by Crippen LogP contribution is -2.34. The van der Waals surface area contributed by atoms with Crippen LogP contribution in [0, 0.1) is 6.92 Å². The van der Waals surface area contributed by atoms with E-state index in [1.54, 1.807) is 31.4 Å². The fourth-order valence-electron chi connectivity index (χ4n) is 2.53. The number of aryl methyl sites for hydroxylation is 1. The largest absolute Gasteiger partial charge is 0.480 e. The van der Waals surface area contributed by atoms with Gasteiger partial charge in [-0.3, -0.25) is 9.59 Å². The summed E-state index contributed by atoms with van der Waals surface area (Å²) < 4.78 is 10.8. The molecule has 0 spiro atoms. The van der Waals surface area contributed by atoms with Crippen LogP contribution in [0.25, 0.3) is 0 Å². The van der Waals surface area contributed by atoms with Crippen LogP contribution in [-0.4, -0.2) is 38.2 Å². The van der Waals surface area contributed by atoms with Crippen molar-refractivity contribution in [3.63, 3.8) is 0 Å². The van der Waals surface area contributed by atoms with E-state index in [1.807, 2.05) is 38.1 Å². The van der Waals surface area contributed by atoms with Gasteiger partial charge in [-0.05, 0) is 37.1 Å². The molecule has 0 aliphatic carbocycles. The average molecular weight is 370 g/mol. The molecule has 1 unspecified atom stereocenters. The number of benzene rings is 2. The first-order valence-corrected chi connectivity index (χ1v) is 8.96. The second-order valence-corrected chi connectivity index (χ2v) is 6.06. The van der Waals surface area contributed by atoms with Crippen LogP contribution in [0.4, 0.5) is 5.69 Å². The van der Waals surface area contributed by atoms with Gasteiger partial charge in [0.05, 0.1) is 17.9 Å². The highest BCUT2D eigenvalue weighted by Gasteiger charge is 2.21. The van der Waals surface area contributed by atoms with Crippen molar-refractivity contribution in [2.45, 2.75) is 26.4 Å². The second kappa shape index (κ2) is 10.3. The van der Waals surface area contributed by atoms with Crippen molar-refractivity contribution in [2.24, 2.45) is 0 Å². The fraction of sp³-hybridized carbons (Fsp3) is 0.333. The van der Waals surface area contributed by atoms with E-state index in [0.29, 0.717) is 36.6 Å². The highest BCUT2D eigenvalue weighted by Crippen LogP contribution is 2.20. The lowest BCUT2D eigenvalue weighted by Gasteiger charge is -2.19. The topological polar surface area (TPSA) is 76.7 Å². The van der Waals surface area contributed by atoms with E-state index in [2.05, 4.69) is 10.6 Å². The predicted octanol–water partition coefficient (Wildman–Crippen LogP) is 3.17. The lowest BCUT2D eigenvalue weighted by atomic mass is 10.1. The van der Waals surface area contributed by atoms with E-state index in [1.165, 1.54) is 0 Å². The maximum atomic E-state index is 12.7. The standard InChI is InChI=1S/C21H26N2O4/c1-4-18(27-19-12-8-5-9-15(19)2)21(25)23-17-11-7-6-10-16(17)20(24)22-13-14-26-3/h5-12,18H,4,13-14H2,1-3H3,(H,22,24)(H,23,25). The summed E-state index contributed by atoms with van der Waals surface area (Å²) in [6, 6.07) is 14.4.